The van der Waals surface area contributed by atoms with Crippen LogP contribution in [0.25, 0.3) is 0 Å². The minimum absolute atomic E-state index is 0.353. The van der Waals surface area contributed by atoms with Gasteiger partial charge in [0.1, 0.15) is 17.5 Å². The zero-order valence-electron chi connectivity index (χ0n) is 9.07. The van der Waals surface area contributed by atoms with Crippen LogP contribution in [-0.4, -0.2) is 21.3 Å². The summed E-state index contributed by atoms with van der Waals surface area (Å²) in [5.74, 6) is 1.36. The summed E-state index contributed by atoms with van der Waals surface area (Å²) >= 11 is 0. The molecule has 1 aromatic carbocycles. The lowest BCUT2D eigenvalue weighted by Gasteiger charge is -2.11. The zero-order valence-corrected chi connectivity index (χ0v) is 9.07. The first-order valence-electron chi connectivity index (χ1n) is 4.55. The van der Waals surface area contributed by atoms with Gasteiger partial charge in [0, 0.05) is 6.07 Å². The van der Waals surface area contributed by atoms with Gasteiger partial charge in [0.2, 0.25) is 0 Å². The van der Waals surface area contributed by atoms with E-state index in [0.29, 0.717) is 11.5 Å². The molecular weight excluding hydrogens is 192 g/mol. The van der Waals surface area contributed by atoms with Crippen LogP contribution in [0, 0.1) is 11.3 Å². The van der Waals surface area contributed by atoms with Gasteiger partial charge < -0.3 is 14.8 Å². The van der Waals surface area contributed by atoms with Crippen LogP contribution in [0.1, 0.15) is 11.6 Å². The molecule has 0 spiro atoms. The fourth-order valence-electron chi connectivity index (χ4n) is 1.30. The third kappa shape index (κ3) is 2.61. The Kier molecular flexibility index (Phi) is 3.95. The molecular formula is C11H14N2O2. The van der Waals surface area contributed by atoms with Crippen molar-refractivity contribution < 1.29 is 9.47 Å². The number of ether oxygens (including phenoxy) is 2. The molecule has 1 unspecified atom stereocenters. The SMILES string of the molecule is CNC(C#N)c1cc(OC)cc(OC)c1. The van der Waals surface area contributed by atoms with Crippen LogP contribution in [-0.2, 0) is 0 Å². The Morgan fingerprint density at radius 3 is 2.07 bits per heavy atom. The number of hydrogen-bond donors (Lipinski definition) is 1. The van der Waals surface area contributed by atoms with Crippen LogP contribution in [0.5, 0.6) is 11.5 Å². The maximum absolute atomic E-state index is 8.91. The number of nitriles is 1. The van der Waals surface area contributed by atoms with Gasteiger partial charge in [-0.15, -0.1) is 0 Å². The molecule has 4 nitrogen and oxygen atoms in total. The van der Waals surface area contributed by atoms with Crippen molar-refractivity contribution in [2.45, 2.75) is 6.04 Å². The summed E-state index contributed by atoms with van der Waals surface area (Å²) in [5.41, 5.74) is 0.830. The molecule has 0 aliphatic rings. The second-order valence-corrected chi connectivity index (χ2v) is 3.00. The highest BCUT2D eigenvalue weighted by Crippen LogP contribution is 2.25. The molecule has 0 heterocycles. The van der Waals surface area contributed by atoms with Gasteiger partial charge >= 0.3 is 0 Å². The first-order valence-corrected chi connectivity index (χ1v) is 4.55. The summed E-state index contributed by atoms with van der Waals surface area (Å²) < 4.78 is 10.2. The Morgan fingerprint density at radius 1 is 1.20 bits per heavy atom. The number of rotatable bonds is 4. The maximum Gasteiger partial charge on any atom is 0.122 e. The quantitative estimate of drug-likeness (QED) is 0.810. The van der Waals surface area contributed by atoms with Crippen LogP contribution >= 0.6 is 0 Å². The molecule has 1 aromatic rings. The lowest BCUT2D eigenvalue weighted by atomic mass is 10.1. The van der Waals surface area contributed by atoms with Crippen LogP contribution in [0.3, 0.4) is 0 Å². The molecule has 1 N–H and O–H groups in total. The van der Waals surface area contributed by atoms with Crippen molar-refractivity contribution >= 4 is 0 Å². The molecule has 1 rings (SSSR count). The van der Waals surface area contributed by atoms with Gasteiger partial charge in [0.05, 0.1) is 20.3 Å². The third-order valence-electron chi connectivity index (χ3n) is 2.12. The normalized spacial score (nSPS) is 11.6. The minimum atomic E-state index is -0.353. The standard InChI is InChI=1S/C11H14N2O2/c1-13-11(7-12)8-4-9(14-2)6-10(5-8)15-3/h4-6,11,13H,1-3H3. The smallest absolute Gasteiger partial charge is 0.122 e. The highest BCUT2D eigenvalue weighted by molar-refractivity contribution is 5.41. The Morgan fingerprint density at radius 2 is 1.73 bits per heavy atom. The lowest BCUT2D eigenvalue weighted by Crippen LogP contribution is -2.14. The van der Waals surface area contributed by atoms with E-state index in [1.807, 2.05) is 12.1 Å². The van der Waals surface area contributed by atoms with Crippen molar-refractivity contribution in [2.75, 3.05) is 21.3 Å². The van der Waals surface area contributed by atoms with Crippen molar-refractivity contribution in [3.05, 3.63) is 23.8 Å². The Bertz CT molecular complexity index is 349. The van der Waals surface area contributed by atoms with Crippen molar-refractivity contribution in [3.63, 3.8) is 0 Å². The molecule has 4 heteroatoms. The fraction of sp³-hybridized carbons (Fsp3) is 0.364. The maximum atomic E-state index is 8.91. The van der Waals surface area contributed by atoms with E-state index in [-0.39, 0.29) is 6.04 Å². The predicted molar refractivity (Wildman–Crippen MR) is 57.0 cm³/mol. The zero-order chi connectivity index (χ0) is 11.3. The molecule has 0 bridgehead atoms. The average molecular weight is 206 g/mol. The third-order valence-corrected chi connectivity index (χ3v) is 2.12. The van der Waals surface area contributed by atoms with E-state index in [0.717, 1.165) is 5.56 Å². The van der Waals surface area contributed by atoms with E-state index >= 15 is 0 Å². The summed E-state index contributed by atoms with van der Waals surface area (Å²) in [6, 6.07) is 7.19. The van der Waals surface area contributed by atoms with E-state index in [9.17, 15) is 0 Å². The Labute approximate surface area is 89.4 Å². The molecule has 0 aliphatic heterocycles. The molecule has 0 aromatic heterocycles. The molecule has 0 saturated carbocycles. The summed E-state index contributed by atoms with van der Waals surface area (Å²) in [7, 11) is 4.90. The first kappa shape index (κ1) is 11.3. The summed E-state index contributed by atoms with van der Waals surface area (Å²) in [6.45, 7) is 0. The van der Waals surface area contributed by atoms with Crippen LogP contribution < -0.4 is 14.8 Å². The van der Waals surface area contributed by atoms with Gasteiger partial charge in [0.15, 0.2) is 0 Å². The molecule has 0 aliphatic carbocycles. The molecule has 0 fully saturated rings. The Hall–Kier alpha value is -1.73. The van der Waals surface area contributed by atoms with Crippen molar-refractivity contribution in [3.8, 4) is 17.6 Å². The molecule has 0 amide bonds. The number of nitrogens with one attached hydrogen (secondary N) is 1. The second-order valence-electron chi connectivity index (χ2n) is 3.00. The molecule has 0 saturated heterocycles. The van der Waals surface area contributed by atoms with Gasteiger partial charge in [-0.2, -0.15) is 5.26 Å². The Balaban J connectivity index is 3.12. The van der Waals surface area contributed by atoms with Gasteiger partial charge in [0.25, 0.3) is 0 Å². The van der Waals surface area contributed by atoms with E-state index in [1.165, 1.54) is 0 Å². The highest BCUT2D eigenvalue weighted by Gasteiger charge is 2.10. The van der Waals surface area contributed by atoms with Crippen molar-refractivity contribution in [1.82, 2.24) is 5.32 Å². The molecule has 80 valence electrons. The number of benzene rings is 1. The van der Waals surface area contributed by atoms with E-state index in [4.69, 9.17) is 14.7 Å². The average Bonchev–Trinajstić information content (AvgIpc) is 2.30. The van der Waals surface area contributed by atoms with Crippen LogP contribution in [0.2, 0.25) is 0 Å². The minimum Gasteiger partial charge on any atom is -0.497 e. The van der Waals surface area contributed by atoms with E-state index < -0.39 is 0 Å². The number of methoxy groups -OCH3 is 2. The van der Waals surface area contributed by atoms with E-state index in [1.54, 1.807) is 27.3 Å². The van der Waals surface area contributed by atoms with Gasteiger partial charge in [-0.25, -0.2) is 0 Å². The van der Waals surface area contributed by atoms with Gasteiger partial charge in [-0.05, 0) is 24.7 Å². The second kappa shape index (κ2) is 5.23. The fourth-order valence-corrected chi connectivity index (χ4v) is 1.30. The summed E-state index contributed by atoms with van der Waals surface area (Å²) in [4.78, 5) is 0. The van der Waals surface area contributed by atoms with Crippen molar-refractivity contribution in [2.24, 2.45) is 0 Å². The summed E-state index contributed by atoms with van der Waals surface area (Å²) in [6.07, 6.45) is 0. The molecule has 1 atom stereocenters. The van der Waals surface area contributed by atoms with Gasteiger partial charge in [-0.3, -0.25) is 0 Å². The summed E-state index contributed by atoms with van der Waals surface area (Å²) in [5, 5.41) is 11.8. The number of hydrogen-bond acceptors (Lipinski definition) is 4. The lowest BCUT2D eigenvalue weighted by molar-refractivity contribution is 0.393. The highest BCUT2D eigenvalue weighted by atomic mass is 16.5. The largest absolute Gasteiger partial charge is 0.497 e. The predicted octanol–water partition coefficient (Wildman–Crippen LogP) is 1.49. The molecule has 15 heavy (non-hydrogen) atoms. The first-order chi connectivity index (χ1) is 7.24. The monoisotopic (exact) mass is 206 g/mol. The number of nitrogens with zero attached hydrogens (tertiary/aromatic N) is 1. The van der Waals surface area contributed by atoms with Crippen LogP contribution in [0.15, 0.2) is 18.2 Å². The van der Waals surface area contributed by atoms with Crippen molar-refractivity contribution in [1.29, 1.82) is 5.26 Å². The molecule has 0 radical (unpaired) electrons. The van der Waals surface area contributed by atoms with Crippen LogP contribution in [0.4, 0.5) is 0 Å². The topological polar surface area (TPSA) is 54.3 Å². The van der Waals surface area contributed by atoms with E-state index in [2.05, 4.69) is 11.4 Å². The van der Waals surface area contributed by atoms with Gasteiger partial charge in [-0.1, -0.05) is 0 Å².